The largest absolute Gasteiger partial charge is 0.504 e. The maximum Gasteiger partial charge on any atom is 0.337 e. The molecule has 5 N–H and O–H groups in total. The first kappa shape index (κ1) is 29.8. The lowest BCUT2D eigenvalue weighted by atomic mass is 9.83. The third-order valence-corrected chi connectivity index (χ3v) is 7.61. The molecule has 2 aliphatic heterocycles. The second kappa shape index (κ2) is 12.5. The average Bonchev–Trinajstić information content (AvgIpc) is 3.28. The van der Waals surface area contributed by atoms with Gasteiger partial charge in [0.1, 0.15) is 30.5 Å². The molecule has 10 atom stereocenters. The van der Waals surface area contributed by atoms with Crippen molar-refractivity contribution >= 4 is 18.0 Å². The fourth-order valence-electron chi connectivity index (χ4n) is 5.38. The zero-order valence-electron chi connectivity index (χ0n) is 22.2. The first-order valence-electron chi connectivity index (χ1n) is 12.7. The molecule has 220 valence electrons. The van der Waals surface area contributed by atoms with E-state index < -0.39 is 79.4 Å². The highest BCUT2D eigenvalue weighted by Gasteiger charge is 2.54. The summed E-state index contributed by atoms with van der Waals surface area (Å²) in [6, 6.07) is 4.58. The van der Waals surface area contributed by atoms with E-state index in [1.54, 1.807) is 19.1 Å². The van der Waals surface area contributed by atoms with Crippen LogP contribution in [0.15, 0.2) is 36.1 Å². The number of ether oxygens (including phenoxy) is 6. The van der Waals surface area contributed by atoms with Crippen molar-refractivity contribution in [2.75, 3.05) is 20.8 Å². The topological polar surface area (TPSA) is 191 Å². The number of phenols is 1. The minimum Gasteiger partial charge on any atom is -0.504 e. The second-order valence-corrected chi connectivity index (χ2v) is 9.92. The quantitative estimate of drug-likeness (QED) is 0.206. The summed E-state index contributed by atoms with van der Waals surface area (Å²) in [5.41, 5.74) is 0.815. The van der Waals surface area contributed by atoms with Gasteiger partial charge in [-0.25, -0.2) is 9.59 Å². The van der Waals surface area contributed by atoms with Crippen LogP contribution in [0.1, 0.15) is 18.9 Å². The lowest BCUT2D eigenvalue weighted by molar-refractivity contribution is -0.342. The summed E-state index contributed by atoms with van der Waals surface area (Å²) in [5.74, 6) is -2.53. The van der Waals surface area contributed by atoms with E-state index in [9.17, 15) is 35.1 Å². The normalized spacial score (nSPS) is 35.4. The molecule has 0 spiro atoms. The molecule has 2 heterocycles. The molecule has 1 saturated carbocycles. The summed E-state index contributed by atoms with van der Waals surface area (Å²) in [6.07, 6.45) is -5.08. The van der Waals surface area contributed by atoms with Crippen LogP contribution in [0.4, 0.5) is 0 Å². The van der Waals surface area contributed by atoms with Crippen LogP contribution in [0, 0.1) is 17.8 Å². The zero-order valence-corrected chi connectivity index (χ0v) is 22.2. The number of carbonyl (C=O) groups is 2. The van der Waals surface area contributed by atoms with E-state index in [0.29, 0.717) is 5.56 Å². The Hall–Kier alpha value is -3.20. The molecule has 2 fully saturated rings. The van der Waals surface area contributed by atoms with Gasteiger partial charge in [0.25, 0.3) is 0 Å². The Morgan fingerprint density at radius 3 is 2.52 bits per heavy atom. The van der Waals surface area contributed by atoms with Crippen LogP contribution < -0.4 is 4.74 Å². The number of aliphatic hydroxyl groups excluding tert-OH is 4. The van der Waals surface area contributed by atoms with Crippen LogP contribution >= 0.6 is 0 Å². The van der Waals surface area contributed by atoms with E-state index in [-0.39, 0.29) is 23.5 Å². The SMILES string of the molecule is COC(=O)C1=CO[C@@H](O[C@@H]2O[C@H](CO)[C@@H](O)[C@H](O)[C@H]2O)[C@@H]2[C@@H](C)[C@@H](OC(=O)C=Cc3ccc(O)c(OC)c3)C[C@H]12. The van der Waals surface area contributed by atoms with Gasteiger partial charge in [0, 0.05) is 23.8 Å². The summed E-state index contributed by atoms with van der Waals surface area (Å²) in [5, 5.41) is 49.8. The number of phenolic OH excluding ortho intramolecular Hbond substituents is 1. The summed E-state index contributed by atoms with van der Waals surface area (Å²) >= 11 is 0. The van der Waals surface area contributed by atoms with E-state index in [1.807, 2.05) is 0 Å². The minimum atomic E-state index is -1.65. The van der Waals surface area contributed by atoms with Crippen LogP contribution in [-0.2, 0) is 33.3 Å². The minimum absolute atomic E-state index is 0.0400. The van der Waals surface area contributed by atoms with Crippen LogP contribution in [0.25, 0.3) is 6.08 Å². The van der Waals surface area contributed by atoms with Gasteiger partial charge in [-0.1, -0.05) is 13.0 Å². The molecule has 40 heavy (non-hydrogen) atoms. The maximum absolute atomic E-state index is 12.7. The lowest BCUT2D eigenvalue weighted by Gasteiger charge is -2.43. The van der Waals surface area contributed by atoms with Gasteiger partial charge in [-0.3, -0.25) is 0 Å². The van der Waals surface area contributed by atoms with Gasteiger partial charge in [-0.2, -0.15) is 0 Å². The molecule has 4 rings (SSSR count). The predicted octanol–water partition coefficient (Wildman–Crippen LogP) is -0.172. The van der Waals surface area contributed by atoms with Gasteiger partial charge in [0.05, 0.1) is 32.7 Å². The molecule has 0 radical (unpaired) electrons. The highest BCUT2D eigenvalue weighted by atomic mass is 16.8. The number of esters is 2. The van der Waals surface area contributed by atoms with E-state index in [1.165, 1.54) is 38.7 Å². The third kappa shape index (κ3) is 5.94. The number of fused-ring (bicyclic) bond motifs is 1. The van der Waals surface area contributed by atoms with Crippen molar-refractivity contribution in [1.82, 2.24) is 0 Å². The van der Waals surface area contributed by atoms with Crippen molar-refractivity contribution in [2.24, 2.45) is 17.8 Å². The van der Waals surface area contributed by atoms with Gasteiger partial charge < -0.3 is 54.0 Å². The zero-order chi connectivity index (χ0) is 29.1. The van der Waals surface area contributed by atoms with Gasteiger partial charge in [0.15, 0.2) is 17.8 Å². The number of hydrogen-bond acceptors (Lipinski definition) is 13. The summed E-state index contributed by atoms with van der Waals surface area (Å²) in [4.78, 5) is 25.2. The number of methoxy groups -OCH3 is 2. The van der Waals surface area contributed by atoms with Crippen molar-refractivity contribution < 1.29 is 63.5 Å². The van der Waals surface area contributed by atoms with E-state index in [2.05, 4.69) is 0 Å². The molecule has 13 heteroatoms. The number of carbonyl (C=O) groups excluding carboxylic acids is 2. The van der Waals surface area contributed by atoms with Crippen molar-refractivity contribution in [3.05, 3.63) is 41.7 Å². The van der Waals surface area contributed by atoms with Crippen molar-refractivity contribution in [1.29, 1.82) is 0 Å². The van der Waals surface area contributed by atoms with E-state index in [0.717, 1.165) is 0 Å². The summed E-state index contributed by atoms with van der Waals surface area (Å²) in [7, 11) is 2.64. The first-order valence-corrected chi connectivity index (χ1v) is 12.7. The highest BCUT2D eigenvalue weighted by Crippen LogP contribution is 2.48. The molecule has 1 aliphatic carbocycles. The molecule has 0 bridgehead atoms. The average molecular weight is 567 g/mol. The van der Waals surface area contributed by atoms with Crippen molar-refractivity contribution in [3.8, 4) is 11.5 Å². The molecule has 13 nitrogen and oxygen atoms in total. The van der Waals surface area contributed by atoms with Crippen LogP contribution in [0.5, 0.6) is 11.5 Å². The Balaban J connectivity index is 1.50. The molecular weight excluding hydrogens is 532 g/mol. The fraction of sp³-hybridized carbons (Fsp3) is 0.556. The standard InChI is InChI=1S/C27H34O13/c1-12-17(38-20(30)7-5-13-4-6-16(29)18(8-13)35-2)9-14-15(25(34)36-3)11-37-26(21(12)14)40-27-24(33)23(32)22(31)19(10-28)39-27/h4-8,11-12,14,17,19,21-24,26-29,31-33H,9-10H2,1-3H3/t12-,14+,17-,19+,21+,22+,23-,24+,26-,27-/m0/s1. The van der Waals surface area contributed by atoms with E-state index >= 15 is 0 Å². The second-order valence-electron chi connectivity index (χ2n) is 9.92. The highest BCUT2D eigenvalue weighted by molar-refractivity contribution is 5.89. The Morgan fingerprint density at radius 1 is 1.10 bits per heavy atom. The smallest absolute Gasteiger partial charge is 0.337 e. The van der Waals surface area contributed by atoms with Crippen LogP contribution in [-0.4, -0.2) is 101 Å². The molecule has 1 aromatic carbocycles. The number of aliphatic hydroxyl groups is 4. The maximum atomic E-state index is 12.7. The van der Waals surface area contributed by atoms with Gasteiger partial charge in [-0.05, 0) is 30.2 Å². The Kier molecular flexibility index (Phi) is 9.33. The number of hydrogen-bond donors (Lipinski definition) is 5. The number of rotatable bonds is 8. The predicted molar refractivity (Wildman–Crippen MR) is 134 cm³/mol. The Labute approximate surface area is 230 Å². The fourth-order valence-corrected chi connectivity index (χ4v) is 5.38. The van der Waals surface area contributed by atoms with Gasteiger partial charge >= 0.3 is 11.9 Å². The van der Waals surface area contributed by atoms with Gasteiger partial charge in [0.2, 0.25) is 6.29 Å². The molecule has 0 aromatic heterocycles. The molecule has 1 aromatic rings. The van der Waals surface area contributed by atoms with Gasteiger partial charge in [-0.15, -0.1) is 0 Å². The Bertz CT molecular complexity index is 1130. The third-order valence-electron chi connectivity index (χ3n) is 7.61. The molecule has 0 unspecified atom stereocenters. The monoisotopic (exact) mass is 566 g/mol. The van der Waals surface area contributed by atoms with E-state index in [4.69, 9.17) is 28.4 Å². The molecule has 1 saturated heterocycles. The van der Waals surface area contributed by atoms with Crippen molar-refractivity contribution in [2.45, 2.75) is 56.4 Å². The Morgan fingerprint density at radius 2 is 1.85 bits per heavy atom. The summed E-state index contributed by atoms with van der Waals surface area (Å²) in [6.45, 7) is 1.16. The summed E-state index contributed by atoms with van der Waals surface area (Å²) < 4.78 is 32.7. The van der Waals surface area contributed by atoms with Crippen LogP contribution in [0.2, 0.25) is 0 Å². The number of benzene rings is 1. The number of aromatic hydroxyl groups is 1. The lowest BCUT2D eigenvalue weighted by Crippen LogP contribution is -2.60. The van der Waals surface area contributed by atoms with Crippen LogP contribution in [0.3, 0.4) is 0 Å². The first-order chi connectivity index (χ1) is 19.1. The molecule has 3 aliphatic rings. The molecule has 0 amide bonds. The van der Waals surface area contributed by atoms with Crippen molar-refractivity contribution in [3.63, 3.8) is 0 Å². The molecular formula is C27H34O13.